The fourth-order valence-corrected chi connectivity index (χ4v) is 5.07. The largest absolute Gasteiger partial charge is 0.497 e. The van der Waals surface area contributed by atoms with Crippen molar-refractivity contribution in [1.82, 2.24) is 5.32 Å². The fraction of sp³-hybridized carbons (Fsp3) is 0.240. The third kappa shape index (κ3) is 5.64. The number of para-hydroxylation sites is 1. The summed E-state index contributed by atoms with van der Waals surface area (Å²) in [6.07, 6.45) is 0. The average molecular weight is 469 g/mol. The summed E-state index contributed by atoms with van der Waals surface area (Å²) in [4.78, 5) is 13.0. The first-order valence-corrected chi connectivity index (χ1v) is 11.9. The van der Waals surface area contributed by atoms with Crippen LogP contribution in [0, 0.1) is 6.92 Å². The molecule has 0 aliphatic heterocycles. The summed E-state index contributed by atoms with van der Waals surface area (Å²) in [6.45, 7) is 3.25. The summed E-state index contributed by atoms with van der Waals surface area (Å²) in [5, 5.41) is 2.88. The van der Waals surface area contributed by atoms with E-state index in [4.69, 9.17) is 9.47 Å². The van der Waals surface area contributed by atoms with E-state index < -0.39 is 15.9 Å². The number of hydrogen-bond acceptors (Lipinski definition) is 5. The third-order valence-electron chi connectivity index (χ3n) is 5.21. The number of methoxy groups -OCH3 is 2. The van der Waals surface area contributed by atoms with Crippen LogP contribution in [0.1, 0.15) is 24.1 Å². The molecule has 33 heavy (non-hydrogen) atoms. The highest BCUT2D eigenvalue weighted by atomic mass is 32.2. The van der Waals surface area contributed by atoms with Crippen molar-refractivity contribution in [3.8, 4) is 11.5 Å². The van der Waals surface area contributed by atoms with Crippen LogP contribution in [0.5, 0.6) is 11.5 Å². The van der Waals surface area contributed by atoms with Crippen molar-refractivity contribution in [3.63, 3.8) is 0 Å². The lowest BCUT2D eigenvalue weighted by atomic mass is 10.1. The van der Waals surface area contributed by atoms with Crippen LogP contribution in [0.25, 0.3) is 0 Å². The van der Waals surface area contributed by atoms with E-state index in [9.17, 15) is 13.2 Å². The third-order valence-corrected chi connectivity index (χ3v) is 7.01. The van der Waals surface area contributed by atoms with Crippen LogP contribution in [-0.4, -0.2) is 35.1 Å². The van der Waals surface area contributed by atoms with Crippen LogP contribution in [0.3, 0.4) is 0 Å². The maximum atomic E-state index is 13.7. The Morgan fingerprint density at radius 1 is 0.970 bits per heavy atom. The molecule has 1 unspecified atom stereocenters. The number of hydrogen-bond donors (Lipinski definition) is 1. The quantitative estimate of drug-likeness (QED) is 0.511. The van der Waals surface area contributed by atoms with Crippen LogP contribution in [0.15, 0.2) is 77.7 Å². The second-order valence-electron chi connectivity index (χ2n) is 7.56. The van der Waals surface area contributed by atoms with Gasteiger partial charge in [-0.3, -0.25) is 9.10 Å². The molecule has 0 spiro atoms. The van der Waals surface area contributed by atoms with Crippen molar-refractivity contribution in [2.75, 3.05) is 25.1 Å². The number of benzene rings is 3. The topological polar surface area (TPSA) is 84.9 Å². The first-order chi connectivity index (χ1) is 15.8. The number of carbonyl (C=O) groups is 1. The summed E-state index contributed by atoms with van der Waals surface area (Å²) < 4.78 is 38.9. The van der Waals surface area contributed by atoms with E-state index in [1.54, 1.807) is 62.6 Å². The second-order valence-corrected chi connectivity index (χ2v) is 9.39. The summed E-state index contributed by atoms with van der Waals surface area (Å²) in [5.41, 5.74) is 2.02. The minimum atomic E-state index is -4.09. The molecule has 0 heterocycles. The van der Waals surface area contributed by atoms with Gasteiger partial charge < -0.3 is 14.8 Å². The van der Waals surface area contributed by atoms with Gasteiger partial charge in [-0.1, -0.05) is 36.4 Å². The highest BCUT2D eigenvalue weighted by Gasteiger charge is 2.30. The van der Waals surface area contributed by atoms with E-state index in [1.165, 1.54) is 7.11 Å². The molecule has 0 saturated carbocycles. The lowest BCUT2D eigenvalue weighted by molar-refractivity contribution is -0.120. The predicted molar refractivity (Wildman–Crippen MR) is 128 cm³/mol. The number of aryl methyl sites for hydroxylation is 1. The molecule has 3 aromatic rings. The van der Waals surface area contributed by atoms with Crippen LogP contribution in [0.4, 0.5) is 5.69 Å². The number of nitrogens with zero attached hydrogens (tertiary/aromatic N) is 1. The molecule has 0 aliphatic rings. The van der Waals surface area contributed by atoms with Gasteiger partial charge in [-0.15, -0.1) is 0 Å². The van der Waals surface area contributed by atoms with Gasteiger partial charge in [0.2, 0.25) is 5.91 Å². The number of amides is 1. The molecule has 0 radical (unpaired) electrons. The molecule has 0 bridgehead atoms. The fourth-order valence-electron chi connectivity index (χ4n) is 3.41. The standard InChI is InChI=1S/C25H28N2O5S/c1-18-10-15-23(32-4)24(16-18)33(29,30)27(21-8-6-5-7-9-21)17-25(28)26-19(2)20-11-13-22(31-3)14-12-20/h5-16,19H,17H2,1-4H3,(H,26,28). The van der Waals surface area contributed by atoms with Gasteiger partial charge in [0.05, 0.1) is 25.9 Å². The van der Waals surface area contributed by atoms with Gasteiger partial charge in [0.15, 0.2) is 0 Å². The van der Waals surface area contributed by atoms with Gasteiger partial charge in [-0.25, -0.2) is 8.42 Å². The van der Waals surface area contributed by atoms with Crippen molar-refractivity contribution in [2.45, 2.75) is 24.8 Å². The molecule has 7 nitrogen and oxygen atoms in total. The average Bonchev–Trinajstić information content (AvgIpc) is 2.83. The maximum Gasteiger partial charge on any atom is 0.268 e. The Balaban J connectivity index is 1.90. The Morgan fingerprint density at radius 3 is 2.24 bits per heavy atom. The molecule has 3 aromatic carbocycles. The van der Waals surface area contributed by atoms with Gasteiger partial charge in [-0.2, -0.15) is 0 Å². The Bertz CT molecular complexity index is 1200. The van der Waals surface area contributed by atoms with Crippen LogP contribution in [-0.2, 0) is 14.8 Å². The number of sulfonamides is 1. The molecular formula is C25H28N2O5S. The molecule has 0 aliphatic carbocycles. The molecule has 8 heteroatoms. The molecule has 0 saturated heterocycles. The predicted octanol–water partition coefficient (Wildman–Crippen LogP) is 4.08. The van der Waals surface area contributed by atoms with Gasteiger partial charge >= 0.3 is 0 Å². The summed E-state index contributed by atoms with van der Waals surface area (Å²) in [5.74, 6) is 0.497. The maximum absolute atomic E-state index is 13.7. The molecule has 0 aromatic heterocycles. The van der Waals surface area contributed by atoms with E-state index in [0.717, 1.165) is 15.4 Å². The van der Waals surface area contributed by atoms with Crippen LogP contribution in [0.2, 0.25) is 0 Å². The van der Waals surface area contributed by atoms with E-state index in [1.807, 2.05) is 31.2 Å². The zero-order chi connectivity index (χ0) is 24.0. The second kappa shape index (κ2) is 10.4. The molecule has 3 rings (SSSR count). The normalized spacial score (nSPS) is 12.0. The Kier molecular flexibility index (Phi) is 7.60. The highest BCUT2D eigenvalue weighted by Crippen LogP contribution is 2.30. The summed E-state index contributed by atoms with van der Waals surface area (Å²) in [7, 11) is -1.09. The number of anilines is 1. The SMILES string of the molecule is COc1ccc(C(C)NC(=O)CN(c2ccccc2)S(=O)(=O)c2cc(C)ccc2OC)cc1. The van der Waals surface area contributed by atoms with Crippen molar-refractivity contribution in [3.05, 3.63) is 83.9 Å². The van der Waals surface area contributed by atoms with E-state index in [2.05, 4.69) is 5.32 Å². The van der Waals surface area contributed by atoms with Gasteiger partial charge in [0.25, 0.3) is 10.0 Å². The smallest absolute Gasteiger partial charge is 0.268 e. The Morgan fingerprint density at radius 2 is 1.64 bits per heavy atom. The van der Waals surface area contributed by atoms with Crippen LogP contribution >= 0.6 is 0 Å². The number of rotatable bonds is 9. The highest BCUT2D eigenvalue weighted by molar-refractivity contribution is 7.93. The summed E-state index contributed by atoms with van der Waals surface area (Å²) in [6, 6.07) is 20.5. The van der Waals surface area contributed by atoms with Gasteiger partial charge in [0, 0.05) is 0 Å². The Labute approximate surface area is 195 Å². The van der Waals surface area contributed by atoms with Crippen molar-refractivity contribution in [2.24, 2.45) is 0 Å². The minimum absolute atomic E-state index is 0.00450. The van der Waals surface area contributed by atoms with E-state index in [-0.39, 0.29) is 23.2 Å². The van der Waals surface area contributed by atoms with E-state index >= 15 is 0 Å². The zero-order valence-corrected chi connectivity index (χ0v) is 19.9. The van der Waals surface area contributed by atoms with Crippen molar-refractivity contribution < 1.29 is 22.7 Å². The van der Waals surface area contributed by atoms with E-state index in [0.29, 0.717) is 11.4 Å². The van der Waals surface area contributed by atoms with Crippen molar-refractivity contribution >= 4 is 21.6 Å². The van der Waals surface area contributed by atoms with Crippen LogP contribution < -0.4 is 19.1 Å². The molecule has 0 fully saturated rings. The monoisotopic (exact) mass is 468 g/mol. The lowest BCUT2D eigenvalue weighted by Crippen LogP contribution is -2.41. The van der Waals surface area contributed by atoms with Gasteiger partial charge in [-0.05, 0) is 61.4 Å². The molecule has 1 atom stereocenters. The molecule has 1 N–H and O–H groups in total. The molecular weight excluding hydrogens is 440 g/mol. The number of carbonyl (C=O) groups excluding carboxylic acids is 1. The van der Waals surface area contributed by atoms with Gasteiger partial charge in [0.1, 0.15) is 22.9 Å². The number of ether oxygens (including phenoxy) is 2. The first kappa shape index (κ1) is 24.1. The zero-order valence-electron chi connectivity index (χ0n) is 19.1. The molecule has 174 valence electrons. The summed E-state index contributed by atoms with van der Waals surface area (Å²) >= 11 is 0. The minimum Gasteiger partial charge on any atom is -0.497 e. The number of nitrogens with one attached hydrogen (secondary N) is 1. The lowest BCUT2D eigenvalue weighted by Gasteiger charge is -2.26. The van der Waals surface area contributed by atoms with Crippen molar-refractivity contribution in [1.29, 1.82) is 0 Å². The molecule has 1 amide bonds. The Hall–Kier alpha value is -3.52. The first-order valence-electron chi connectivity index (χ1n) is 10.4.